The zero-order chi connectivity index (χ0) is 16.2. The number of carbonyl (C=O) groups is 2. The van der Waals surface area contributed by atoms with Gasteiger partial charge in [-0.2, -0.15) is 0 Å². The van der Waals surface area contributed by atoms with Gasteiger partial charge in [-0.25, -0.2) is 0 Å². The van der Waals surface area contributed by atoms with Gasteiger partial charge in [-0.3, -0.25) is 9.59 Å². The second-order valence-electron chi connectivity index (χ2n) is 3.66. The van der Waals surface area contributed by atoms with E-state index in [1.807, 2.05) is 13.8 Å². The topological polar surface area (TPSA) is 83.1 Å². The maximum atomic E-state index is 10.5. The fourth-order valence-electron chi connectivity index (χ4n) is 1.07. The van der Waals surface area contributed by atoms with Crippen molar-refractivity contribution in [2.75, 3.05) is 59.4 Å². The third-order valence-electron chi connectivity index (χ3n) is 1.90. The predicted octanol–water partition coefficient (Wildman–Crippen LogP) is 0.414. The molecule has 21 heavy (non-hydrogen) atoms. The first kappa shape index (κ1) is 22.3. The molecule has 0 saturated carbocycles. The van der Waals surface area contributed by atoms with Crippen molar-refractivity contribution in [1.82, 2.24) is 5.32 Å². The van der Waals surface area contributed by atoms with Crippen molar-refractivity contribution in [1.29, 1.82) is 0 Å². The highest BCUT2D eigenvalue weighted by atomic mass is 16.6. The summed E-state index contributed by atoms with van der Waals surface area (Å²) >= 11 is 0. The number of ether oxygens (including phenoxy) is 4. The van der Waals surface area contributed by atoms with E-state index < -0.39 is 0 Å². The van der Waals surface area contributed by atoms with E-state index in [0.29, 0.717) is 59.2 Å². The highest BCUT2D eigenvalue weighted by Gasteiger charge is 1.94. The summed E-state index contributed by atoms with van der Waals surface area (Å²) in [6.07, 6.45) is 0.636. The molecular formula is C14H29NO6. The van der Waals surface area contributed by atoms with Gasteiger partial charge in [0.25, 0.3) is 0 Å². The lowest BCUT2D eigenvalue weighted by Gasteiger charge is -2.06. The van der Waals surface area contributed by atoms with Crippen LogP contribution in [0.5, 0.6) is 0 Å². The summed E-state index contributed by atoms with van der Waals surface area (Å²) in [5.41, 5.74) is 0. The van der Waals surface area contributed by atoms with Crippen LogP contribution in [0.4, 0.5) is 0 Å². The molecule has 1 N–H and O–H groups in total. The van der Waals surface area contributed by atoms with Crippen molar-refractivity contribution < 1.29 is 28.5 Å². The maximum absolute atomic E-state index is 10.5. The van der Waals surface area contributed by atoms with Crippen molar-refractivity contribution in [3.05, 3.63) is 0 Å². The number of hydrogen-bond donors (Lipinski definition) is 1. The number of Topliss-reactive ketones (excluding diaryl/α,β-unsaturated/α-hetero) is 1. The van der Waals surface area contributed by atoms with Crippen LogP contribution in [-0.4, -0.2) is 71.6 Å². The van der Waals surface area contributed by atoms with Crippen molar-refractivity contribution in [3.63, 3.8) is 0 Å². The van der Waals surface area contributed by atoms with Crippen LogP contribution in [0, 0.1) is 0 Å². The SMILES string of the molecule is CC.CC(=O)COCCOCCOCCOCCNC=O. The quantitative estimate of drug-likeness (QED) is 0.349. The van der Waals surface area contributed by atoms with Gasteiger partial charge in [0, 0.05) is 6.54 Å². The largest absolute Gasteiger partial charge is 0.377 e. The standard InChI is InChI=1S/C12H23NO6.C2H6/c1-12(15)10-19-9-8-18-7-6-17-5-4-16-3-2-13-11-14;1-2/h11H,2-10H2,1H3,(H,13,14);1-2H3. The van der Waals surface area contributed by atoms with E-state index >= 15 is 0 Å². The average Bonchev–Trinajstić information content (AvgIpc) is 2.49. The molecule has 0 unspecified atom stereocenters. The Hall–Kier alpha value is -1.02. The van der Waals surface area contributed by atoms with Crippen LogP contribution < -0.4 is 5.32 Å². The van der Waals surface area contributed by atoms with Gasteiger partial charge >= 0.3 is 0 Å². The molecule has 0 spiro atoms. The summed E-state index contributed by atoms with van der Waals surface area (Å²) in [6, 6.07) is 0. The molecule has 0 aromatic heterocycles. The summed E-state index contributed by atoms with van der Waals surface area (Å²) in [5, 5.41) is 2.49. The normalized spacial score (nSPS) is 9.67. The molecule has 1 amide bonds. The fourth-order valence-corrected chi connectivity index (χ4v) is 1.07. The van der Waals surface area contributed by atoms with Gasteiger partial charge in [0.05, 0.1) is 46.2 Å². The Bertz CT molecular complexity index is 226. The summed E-state index contributed by atoms with van der Waals surface area (Å²) < 4.78 is 20.7. The van der Waals surface area contributed by atoms with Crippen LogP contribution in [0.15, 0.2) is 0 Å². The summed E-state index contributed by atoms with van der Waals surface area (Å²) in [4.78, 5) is 20.5. The van der Waals surface area contributed by atoms with Crippen molar-refractivity contribution in [2.24, 2.45) is 0 Å². The minimum atomic E-state index is 0.00618. The third kappa shape index (κ3) is 24.4. The highest BCUT2D eigenvalue weighted by molar-refractivity contribution is 5.76. The lowest BCUT2D eigenvalue weighted by Crippen LogP contribution is -2.19. The molecular weight excluding hydrogens is 278 g/mol. The van der Waals surface area contributed by atoms with Gasteiger partial charge in [-0.15, -0.1) is 0 Å². The van der Waals surface area contributed by atoms with Gasteiger partial charge < -0.3 is 24.3 Å². The Balaban J connectivity index is 0. The first-order chi connectivity index (χ1) is 10.3. The zero-order valence-electron chi connectivity index (χ0n) is 13.4. The van der Waals surface area contributed by atoms with E-state index in [2.05, 4.69) is 5.32 Å². The Morgan fingerprint density at radius 2 is 1.29 bits per heavy atom. The van der Waals surface area contributed by atoms with Gasteiger partial charge in [-0.05, 0) is 6.92 Å². The molecule has 0 atom stereocenters. The van der Waals surface area contributed by atoms with E-state index in [4.69, 9.17) is 18.9 Å². The lowest BCUT2D eigenvalue weighted by molar-refractivity contribution is -0.122. The summed E-state index contributed by atoms with van der Waals surface area (Å²) in [6.45, 7) is 9.41. The molecule has 7 heteroatoms. The first-order valence-corrected chi connectivity index (χ1v) is 7.25. The van der Waals surface area contributed by atoms with Gasteiger partial charge in [0.1, 0.15) is 6.61 Å². The number of nitrogens with one attached hydrogen (secondary N) is 1. The minimum absolute atomic E-state index is 0.00618. The van der Waals surface area contributed by atoms with Crippen LogP contribution in [0.2, 0.25) is 0 Å². The third-order valence-corrected chi connectivity index (χ3v) is 1.90. The fraction of sp³-hybridized carbons (Fsp3) is 0.857. The molecule has 0 aromatic rings. The molecule has 0 radical (unpaired) electrons. The van der Waals surface area contributed by atoms with Crippen molar-refractivity contribution in [3.8, 4) is 0 Å². The average molecular weight is 307 g/mol. The van der Waals surface area contributed by atoms with Crippen LogP contribution in [-0.2, 0) is 28.5 Å². The van der Waals surface area contributed by atoms with E-state index in [1.165, 1.54) is 6.92 Å². The number of hydrogen-bond acceptors (Lipinski definition) is 6. The Labute approximate surface area is 127 Å². The van der Waals surface area contributed by atoms with E-state index in [-0.39, 0.29) is 12.4 Å². The van der Waals surface area contributed by atoms with E-state index in [9.17, 15) is 9.59 Å². The minimum Gasteiger partial charge on any atom is -0.377 e. The van der Waals surface area contributed by atoms with Crippen LogP contribution in [0.25, 0.3) is 0 Å². The smallest absolute Gasteiger partial charge is 0.207 e. The number of carbonyl (C=O) groups excluding carboxylic acids is 2. The molecule has 0 heterocycles. The molecule has 7 nitrogen and oxygen atoms in total. The molecule has 0 saturated heterocycles. The van der Waals surface area contributed by atoms with Crippen LogP contribution >= 0.6 is 0 Å². The predicted molar refractivity (Wildman–Crippen MR) is 79.4 cm³/mol. The molecule has 0 aliphatic carbocycles. The van der Waals surface area contributed by atoms with E-state index in [1.54, 1.807) is 0 Å². The van der Waals surface area contributed by atoms with Gasteiger partial charge in [0.2, 0.25) is 6.41 Å². The number of amides is 1. The second-order valence-corrected chi connectivity index (χ2v) is 3.66. The second kappa shape index (κ2) is 21.3. The molecule has 0 aliphatic rings. The monoisotopic (exact) mass is 307 g/mol. The van der Waals surface area contributed by atoms with Gasteiger partial charge in [0.15, 0.2) is 5.78 Å². The van der Waals surface area contributed by atoms with Crippen LogP contribution in [0.1, 0.15) is 20.8 Å². The van der Waals surface area contributed by atoms with Gasteiger partial charge in [-0.1, -0.05) is 13.8 Å². The summed E-state index contributed by atoms with van der Waals surface area (Å²) in [7, 11) is 0. The number of rotatable bonds is 15. The zero-order valence-corrected chi connectivity index (χ0v) is 13.4. The van der Waals surface area contributed by atoms with Crippen molar-refractivity contribution in [2.45, 2.75) is 20.8 Å². The lowest BCUT2D eigenvalue weighted by atomic mass is 10.5. The maximum Gasteiger partial charge on any atom is 0.207 e. The Morgan fingerprint density at radius 3 is 1.71 bits per heavy atom. The van der Waals surface area contributed by atoms with Crippen LogP contribution in [0.3, 0.4) is 0 Å². The first-order valence-electron chi connectivity index (χ1n) is 7.25. The highest BCUT2D eigenvalue weighted by Crippen LogP contribution is 1.83. The summed E-state index contributed by atoms with van der Waals surface area (Å²) in [5.74, 6) is 0.00618. The molecule has 0 bridgehead atoms. The molecule has 0 rings (SSSR count). The molecule has 0 fully saturated rings. The Morgan fingerprint density at radius 1 is 0.857 bits per heavy atom. The van der Waals surface area contributed by atoms with E-state index in [0.717, 1.165) is 0 Å². The molecule has 0 aromatic carbocycles. The van der Waals surface area contributed by atoms with Crippen molar-refractivity contribution >= 4 is 12.2 Å². The number of ketones is 1. The Kier molecular flexibility index (Phi) is 22.6. The molecule has 0 aliphatic heterocycles. The molecule has 126 valence electrons.